The first kappa shape index (κ1) is 22.2. The van der Waals surface area contributed by atoms with E-state index in [4.69, 9.17) is 9.47 Å². The van der Waals surface area contributed by atoms with Crippen LogP contribution in [0.5, 0.6) is 0 Å². The van der Waals surface area contributed by atoms with Crippen LogP contribution >= 0.6 is 0 Å². The molecule has 9 heteroatoms. The molecule has 2 bridgehead atoms. The fourth-order valence-corrected chi connectivity index (χ4v) is 7.32. The minimum Gasteiger partial charge on any atom is -0.356 e. The molecule has 2 saturated carbocycles. The van der Waals surface area contributed by atoms with E-state index in [0.717, 1.165) is 23.3 Å². The number of hydrogen-bond acceptors (Lipinski definition) is 6. The first-order valence-electron chi connectivity index (χ1n) is 10.6. The van der Waals surface area contributed by atoms with Gasteiger partial charge in [-0.15, -0.1) is 0 Å². The first-order valence-corrected chi connectivity index (χ1v) is 12.0. The zero-order valence-corrected chi connectivity index (χ0v) is 19.4. The number of sulfonamides is 1. The Labute approximate surface area is 183 Å². The van der Waals surface area contributed by atoms with Crippen molar-refractivity contribution in [2.24, 2.45) is 16.7 Å². The predicted octanol–water partition coefficient (Wildman–Crippen LogP) is 3.11. The van der Waals surface area contributed by atoms with Crippen LogP contribution in [0, 0.1) is 23.7 Å². The van der Waals surface area contributed by atoms with Crippen molar-refractivity contribution in [3.05, 3.63) is 29.8 Å². The van der Waals surface area contributed by atoms with Crippen LogP contribution in [0.3, 0.4) is 0 Å². The number of rotatable bonds is 5. The minimum atomic E-state index is -4.26. The Morgan fingerprint density at radius 2 is 1.58 bits per heavy atom. The number of hydrogen-bond donors (Lipinski definition) is 0. The van der Waals surface area contributed by atoms with Crippen LogP contribution in [-0.2, 0) is 24.3 Å². The highest BCUT2D eigenvalue weighted by Crippen LogP contribution is 2.66. The zero-order chi connectivity index (χ0) is 22.8. The minimum absolute atomic E-state index is 0.0436. The van der Waals surface area contributed by atoms with Crippen molar-refractivity contribution in [3.8, 4) is 0 Å². The summed E-state index contributed by atoms with van der Waals surface area (Å²) in [5.41, 5.74) is -0.0829. The van der Waals surface area contributed by atoms with Crippen molar-refractivity contribution in [2.75, 3.05) is 14.2 Å². The van der Waals surface area contributed by atoms with Crippen molar-refractivity contribution in [1.29, 1.82) is 0 Å². The second-order valence-electron chi connectivity index (χ2n) is 9.40. The second kappa shape index (κ2) is 7.28. The van der Waals surface area contributed by atoms with Crippen molar-refractivity contribution in [2.45, 2.75) is 63.8 Å². The molecule has 31 heavy (non-hydrogen) atoms. The number of nitrogens with zero attached hydrogens (tertiary/aromatic N) is 2. The normalized spacial score (nSPS) is 32.2. The number of ether oxygens (including phenoxy) is 2. The van der Waals surface area contributed by atoms with Crippen LogP contribution in [0.2, 0.25) is 0 Å². The lowest BCUT2D eigenvalue weighted by molar-refractivity contribution is -0.158. The summed E-state index contributed by atoms with van der Waals surface area (Å²) in [6, 6.07) is 5.27. The van der Waals surface area contributed by atoms with Gasteiger partial charge in [-0.3, -0.25) is 4.79 Å². The highest BCUT2D eigenvalue weighted by atomic mass is 32.2. The number of amides is 3. The molecule has 2 atom stereocenters. The van der Waals surface area contributed by atoms with Gasteiger partial charge in [0.05, 0.1) is 10.3 Å². The lowest BCUT2D eigenvalue weighted by Crippen LogP contribution is -2.52. The lowest BCUT2D eigenvalue weighted by atomic mass is 9.68. The summed E-state index contributed by atoms with van der Waals surface area (Å²) < 4.78 is 38.3. The molecule has 0 radical (unpaired) electrons. The number of carbonyl (C=O) groups excluding carboxylic acids is 2. The van der Waals surface area contributed by atoms with Gasteiger partial charge in [-0.05, 0) is 56.1 Å². The molecule has 3 fully saturated rings. The third-order valence-electron chi connectivity index (χ3n) is 7.91. The summed E-state index contributed by atoms with van der Waals surface area (Å²) in [5.74, 6) is 0.0544. The molecule has 4 rings (SSSR count). The van der Waals surface area contributed by atoms with E-state index in [1.54, 1.807) is 12.1 Å². The SMILES string of the molecule is CO[C@@H]1[C@@H](OC)N(S(=O)(=O)c2ccc(C)cc2)C(=O)N1C(=O)C12CCC(CC1)C2(C)C. The van der Waals surface area contributed by atoms with Gasteiger partial charge >= 0.3 is 6.03 Å². The average Bonchev–Trinajstić information content (AvgIpc) is 3.28. The van der Waals surface area contributed by atoms with Crippen molar-refractivity contribution >= 4 is 22.0 Å². The van der Waals surface area contributed by atoms with Gasteiger partial charge in [-0.25, -0.2) is 18.1 Å². The van der Waals surface area contributed by atoms with E-state index in [2.05, 4.69) is 13.8 Å². The summed E-state index contributed by atoms with van der Waals surface area (Å²) in [5, 5.41) is 0. The summed E-state index contributed by atoms with van der Waals surface area (Å²) in [6.45, 7) is 5.99. The third kappa shape index (κ3) is 2.89. The van der Waals surface area contributed by atoms with Gasteiger partial charge in [0.1, 0.15) is 0 Å². The molecule has 8 nitrogen and oxygen atoms in total. The van der Waals surface area contributed by atoms with Crippen LogP contribution in [-0.4, -0.2) is 56.2 Å². The Balaban J connectivity index is 1.76. The fraction of sp³-hybridized carbons (Fsp3) is 0.636. The quantitative estimate of drug-likeness (QED) is 0.684. The molecule has 3 amide bonds. The van der Waals surface area contributed by atoms with Gasteiger partial charge in [-0.2, -0.15) is 4.31 Å². The van der Waals surface area contributed by atoms with Crippen LogP contribution < -0.4 is 0 Å². The molecule has 3 aliphatic rings. The number of urea groups is 1. The van der Waals surface area contributed by atoms with Crippen molar-refractivity contribution in [3.63, 3.8) is 0 Å². The van der Waals surface area contributed by atoms with E-state index in [0.29, 0.717) is 23.1 Å². The Morgan fingerprint density at radius 3 is 2.03 bits per heavy atom. The molecule has 0 unspecified atom stereocenters. The smallest absolute Gasteiger partial charge is 0.345 e. The van der Waals surface area contributed by atoms with E-state index in [1.165, 1.54) is 26.4 Å². The Bertz CT molecular complexity index is 995. The Kier molecular flexibility index (Phi) is 5.22. The third-order valence-corrected chi connectivity index (χ3v) is 9.66. The maximum Gasteiger partial charge on any atom is 0.345 e. The summed E-state index contributed by atoms with van der Waals surface area (Å²) in [6.07, 6.45) is 0.800. The van der Waals surface area contributed by atoms with Crippen LogP contribution in [0.15, 0.2) is 29.2 Å². The Morgan fingerprint density at radius 1 is 1.03 bits per heavy atom. The largest absolute Gasteiger partial charge is 0.356 e. The molecule has 1 aliphatic heterocycles. The predicted molar refractivity (Wildman–Crippen MR) is 112 cm³/mol. The fourth-order valence-electron chi connectivity index (χ4n) is 5.85. The molecule has 1 aromatic rings. The van der Waals surface area contributed by atoms with E-state index in [9.17, 15) is 18.0 Å². The van der Waals surface area contributed by atoms with E-state index < -0.39 is 33.9 Å². The maximum atomic E-state index is 13.9. The van der Waals surface area contributed by atoms with Gasteiger partial charge in [0.25, 0.3) is 10.0 Å². The molecule has 1 heterocycles. The first-order chi connectivity index (χ1) is 14.5. The van der Waals surface area contributed by atoms with Crippen molar-refractivity contribution < 1.29 is 27.5 Å². The number of aryl methyl sites for hydroxylation is 1. The molecule has 1 aromatic carbocycles. The number of imide groups is 1. The van der Waals surface area contributed by atoms with E-state index >= 15 is 0 Å². The lowest BCUT2D eigenvalue weighted by Gasteiger charge is -2.39. The molecular formula is C22H30N2O6S. The topological polar surface area (TPSA) is 93.2 Å². The van der Waals surface area contributed by atoms with Gasteiger partial charge in [0.15, 0.2) is 12.5 Å². The zero-order valence-electron chi connectivity index (χ0n) is 18.6. The summed E-state index contributed by atoms with van der Waals surface area (Å²) in [4.78, 5) is 28.3. The van der Waals surface area contributed by atoms with Gasteiger partial charge in [0.2, 0.25) is 5.91 Å². The highest BCUT2D eigenvalue weighted by molar-refractivity contribution is 7.89. The molecule has 170 valence electrons. The molecule has 1 saturated heterocycles. The monoisotopic (exact) mass is 450 g/mol. The maximum absolute atomic E-state index is 13.9. The van der Waals surface area contributed by atoms with Crippen LogP contribution in [0.4, 0.5) is 4.79 Å². The second-order valence-corrected chi connectivity index (χ2v) is 11.2. The highest BCUT2D eigenvalue weighted by Gasteiger charge is 2.67. The number of benzene rings is 1. The molecule has 0 aromatic heterocycles. The molecule has 0 N–H and O–H groups in total. The molecular weight excluding hydrogens is 420 g/mol. The van der Waals surface area contributed by atoms with Gasteiger partial charge in [-0.1, -0.05) is 31.5 Å². The average molecular weight is 451 g/mol. The van der Waals surface area contributed by atoms with Gasteiger partial charge < -0.3 is 9.47 Å². The summed E-state index contributed by atoms with van der Waals surface area (Å²) in [7, 11) is -1.61. The number of fused-ring (bicyclic) bond motifs is 2. The van der Waals surface area contributed by atoms with Crippen LogP contribution in [0.25, 0.3) is 0 Å². The molecule has 0 spiro atoms. The van der Waals surface area contributed by atoms with Crippen LogP contribution in [0.1, 0.15) is 45.1 Å². The van der Waals surface area contributed by atoms with E-state index in [1.807, 2.05) is 6.92 Å². The van der Waals surface area contributed by atoms with Crippen molar-refractivity contribution in [1.82, 2.24) is 9.21 Å². The Hall–Kier alpha value is -1.97. The molecule has 2 aliphatic carbocycles. The number of methoxy groups -OCH3 is 2. The summed E-state index contributed by atoms with van der Waals surface area (Å²) >= 11 is 0. The standard InChI is InChI=1S/C22H30N2O6S/c1-14-6-8-16(9-7-14)31(27,28)24-18(30-5)17(29-4)23(20(24)26)19(25)22-12-10-15(11-13-22)21(22,2)3/h6-9,15,17-18H,10-13H2,1-5H3/t15?,17-,18-,22?/m1/s1. The van der Waals surface area contributed by atoms with Gasteiger partial charge in [0, 0.05) is 14.2 Å². The number of carbonyl (C=O) groups is 2. The van der Waals surface area contributed by atoms with E-state index in [-0.39, 0.29) is 16.2 Å².